The molecule has 0 aliphatic rings. The Hall–Kier alpha value is -0.730. The first-order chi connectivity index (χ1) is 20.7. The average molecular weight is 603 g/mol. The van der Waals surface area contributed by atoms with E-state index in [0.29, 0.717) is 39.6 Å². The second-order valence-electron chi connectivity index (χ2n) is 11.6. The van der Waals surface area contributed by atoms with Crippen molar-refractivity contribution in [3.05, 3.63) is 0 Å². The monoisotopic (exact) mass is 603 g/mol. The van der Waals surface area contributed by atoms with Gasteiger partial charge in [0.25, 0.3) is 0 Å². The fraction of sp³-hybridized carbons (Fsp3) is 0.971. The van der Waals surface area contributed by atoms with Crippen LogP contribution < -0.4 is 0 Å². The van der Waals surface area contributed by atoms with Gasteiger partial charge in [0.2, 0.25) is 0 Å². The summed E-state index contributed by atoms with van der Waals surface area (Å²) in [5.41, 5.74) is 0. The van der Waals surface area contributed by atoms with Crippen LogP contribution in [-0.2, 0) is 33.2 Å². The van der Waals surface area contributed by atoms with E-state index in [1.807, 2.05) is 0 Å². The van der Waals surface area contributed by atoms with Crippen molar-refractivity contribution in [3.8, 4) is 0 Å². The number of carbonyl (C=O) groups excluding carboxylic acids is 1. The van der Waals surface area contributed by atoms with E-state index in [0.717, 1.165) is 26.1 Å². The van der Waals surface area contributed by atoms with Gasteiger partial charge in [0.1, 0.15) is 12.7 Å². The lowest BCUT2D eigenvalue weighted by Gasteiger charge is -2.18. The molecule has 42 heavy (non-hydrogen) atoms. The molecule has 0 aromatic heterocycles. The first-order valence-corrected chi connectivity index (χ1v) is 17.7. The quantitative estimate of drug-likeness (QED) is 0.0524. The molecule has 0 bridgehead atoms. The van der Waals surface area contributed by atoms with Gasteiger partial charge in [-0.2, -0.15) is 0 Å². The molecule has 252 valence electrons. The number of unbranched alkanes of at least 4 members (excludes halogenated alkanes) is 18. The molecule has 0 unspecified atom stereocenters. The first-order valence-electron chi connectivity index (χ1n) is 17.7. The summed E-state index contributed by atoms with van der Waals surface area (Å²) in [4.78, 5) is 11.9. The Balaban J connectivity index is 4.01. The summed E-state index contributed by atoms with van der Waals surface area (Å²) >= 11 is 0. The summed E-state index contributed by atoms with van der Waals surface area (Å²) in [7, 11) is 1.63. The third-order valence-electron chi connectivity index (χ3n) is 7.47. The van der Waals surface area contributed by atoms with Crippen molar-refractivity contribution in [2.45, 2.75) is 155 Å². The average Bonchev–Trinajstić information content (AvgIpc) is 2.99. The van der Waals surface area contributed by atoms with Crippen molar-refractivity contribution >= 4 is 5.97 Å². The van der Waals surface area contributed by atoms with Crippen molar-refractivity contribution in [3.63, 3.8) is 0 Å². The van der Waals surface area contributed by atoms with Crippen LogP contribution in [0.25, 0.3) is 0 Å². The van der Waals surface area contributed by atoms with Crippen molar-refractivity contribution in [1.29, 1.82) is 0 Å². The molecule has 0 spiro atoms. The van der Waals surface area contributed by atoms with E-state index < -0.39 is 0 Å². The molecule has 0 heterocycles. The molecule has 1 atom stereocenters. The van der Waals surface area contributed by atoms with Crippen LogP contribution in [0.2, 0.25) is 0 Å². The Bertz CT molecular complexity index is 518. The maximum atomic E-state index is 11.9. The normalized spacial score (nSPS) is 12.2. The molecule has 7 heteroatoms. The van der Waals surface area contributed by atoms with Gasteiger partial charge in [-0.15, -0.1) is 0 Å². The number of methoxy groups -OCH3 is 1. The Labute approximate surface area is 260 Å². The number of esters is 1. The van der Waals surface area contributed by atoms with E-state index in [4.69, 9.17) is 28.4 Å². The summed E-state index contributed by atoms with van der Waals surface area (Å²) in [5.74, 6) is -0.273. The molecule has 0 radical (unpaired) electrons. The Kier molecular flexibility index (Phi) is 35.8. The lowest BCUT2D eigenvalue weighted by molar-refractivity contribution is -0.147. The summed E-state index contributed by atoms with van der Waals surface area (Å²) in [6, 6.07) is 0. The van der Waals surface area contributed by atoms with E-state index in [9.17, 15) is 4.79 Å². The maximum Gasteiger partial charge on any atom is 0.308 e. The number of hydrogen-bond donors (Lipinski definition) is 0. The molecule has 0 aliphatic carbocycles. The highest BCUT2D eigenvalue weighted by Gasteiger charge is 2.11. The molecule has 0 fully saturated rings. The van der Waals surface area contributed by atoms with Gasteiger partial charge in [-0.3, -0.25) is 4.79 Å². The second kappa shape index (κ2) is 36.5. The SMILES string of the molecule is CCCCCCCCCCCCOC[C@H](COCCC(=O)OCCOCCOC)OCCCCCCCCCCCC. The molecule has 0 saturated carbocycles. The zero-order valence-corrected chi connectivity index (χ0v) is 28.1. The summed E-state index contributed by atoms with van der Waals surface area (Å²) in [5, 5.41) is 0. The third-order valence-corrected chi connectivity index (χ3v) is 7.47. The standard InChI is InChI=1S/C35H70O7/c1-4-6-8-10-12-14-16-18-20-22-25-39-32-34(41-26-23-21-19-17-15-13-11-9-7-5-2)33-40-27-24-35(36)42-31-30-38-29-28-37-3/h34H,4-33H2,1-3H3/t34-/m1/s1. The molecular formula is C35H70O7. The van der Waals surface area contributed by atoms with Crippen molar-refractivity contribution in [2.75, 3.05) is 66.6 Å². The van der Waals surface area contributed by atoms with E-state index >= 15 is 0 Å². The maximum absolute atomic E-state index is 11.9. The third kappa shape index (κ3) is 33.8. The number of hydrogen-bond acceptors (Lipinski definition) is 7. The zero-order chi connectivity index (χ0) is 30.6. The topological polar surface area (TPSA) is 72.5 Å². The van der Waals surface area contributed by atoms with Crippen LogP contribution in [0.3, 0.4) is 0 Å². The number of carbonyl (C=O) groups is 1. The van der Waals surface area contributed by atoms with E-state index in [-0.39, 0.29) is 25.1 Å². The van der Waals surface area contributed by atoms with Crippen LogP contribution in [0, 0.1) is 0 Å². The molecule has 0 N–H and O–H groups in total. The lowest BCUT2D eigenvalue weighted by Crippen LogP contribution is -2.27. The first kappa shape index (κ1) is 41.3. The van der Waals surface area contributed by atoms with E-state index in [1.54, 1.807) is 7.11 Å². The van der Waals surface area contributed by atoms with Crippen molar-refractivity contribution in [2.24, 2.45) is 0 Å². The van der Waals surface area contributed by atoms with Gasteiger partial charge in [0, 0.05) is 20.3 Å². The van der Waals surface area contributed by atoms with Gasteiger partial charge in [-0.05, 0) is 12.8 Å². The molecule has 7 nitrogen and oxygen atoms in total. The summed E-state index contributed by atoms with van der Waals surface area (Å²) in [6.45, 7) is 9.00. The fourth-order valence-electron chi connectivity index (χ4n) is 4.79. The number of ether oxygens (including phenoxy) is 6. The van der Waals surface area contributed by atoms with Gasteiger partial charge in [0.15, 0.2) is 0 Å². The predicted octanol–water partition coefficient (Wildman–Crippen LogP) is 8.84. The summed E-state index contributed by atoms with van der Waals surface area (Å²) < 4.78 is 33.3. The minimum Gasteiger partial charge on any atom is -0.463 e. The van der Waals surface area contributed by atoms with E-state index in [1.165, 1.54) is 116 Å². The highest BCUT2D eigenvalue weighted by molar-refractivity contribution is 5.69. The minimum atomic E-state index is -0.273. The second-order valence-corrected chi connectivity index (χ2v) is 11.6. The zero-order valence-electron chi connectivity index (χ0n) is 28.1. The van der Waals surface area contributed by atoms with Crippen LogP contribution >= 0.6 is 0 Å². The Morgan fingerprint density at radius 1 is 0.476 bits per heavy atom. The van der Waals surface area contributed by atoms with Crippen LogP contribution in [0.15, 0.2) is 0 Å². The van der Waals surface area contributed by atoms with Crippen LogP contribution in [0.1, 0.15) is 149 Å². The van der Waals surface area contributed by atoms with Gasteiger partial charge in [-0.1, -0.05) is 129 Å². The molecule has 0 rings (SSSR count). The Morgan fingerprint density at radius 2 is 0.929 bits per heavy atom. The smallest absolute Gasteiger partial charge is 0.308 e. The highest BCUT2D eigenvalue weighted by Crippen LogP contribution is 2.12. The molecule has 0 aromatic rings. The van der Waals surface area contributed by atoms with Crippen molar-refractivity contribution < 1.29 is 33.2 Å². The molecule has 0 amide bonds. The molecule has 0 aliphatic heterocycles. The van der Waals surface area contributed by atoms with Gasteiger partial charge in [0.05, 0.1) is 46.1 Å². The van der Waals surface area contributed by atoms with Crippen molar-refractivity contribution in [1.82, 2.24) is 0 Å². The molecule has 0 aromatic carbocycles. The minimum absolute atomic E-state index is 0.100. The molecule has 0 saturated heterocycles. The van der Waals surface area contributed by atoms with Crippen LogP contribution in [0.4, 0.5) is 0 Å². The highest BCUT2D eigenvalue weighted by atomic mass is 16.6. The van der Waals surface area contributed by atoms with Gasteiger partial charge >= 0.3 is 5.97 Å². The molecular weight excluding hydrogens is 532 g/mol. The fourth-order valence-corrected chi connectivity index (χ4v) is 4.79. The number of rotatable bonds is 36. The van der Waals surface area contributed by atoms with E-state index in [2.05, 4.69) is 13.8 Å². The van der Waals surface area contributed by atoms with Crippen LogP contribution in [-0.4, -0.2) is 78.6 Å². The largest absolute Gasteiger partial charge is 0.463 e. The summed E-state index contributed by atoms with van der Waals surface area (Å²) in [6.07, 6.45) is 26.4. The van der Waals surface area contributed by atoms with Gasteiger partial charge < -0.3 is 28.4 Å². The van der Waals surface area contributed by atoms with Gasteiger partial charge in [-0.25, -0.2) is 0 Å². The lowest BCUT2D eigenvalue weighted by atomic mass is 10.1. The predicted molar refractivity (Wildman–Crippen MR) is 173 cm³/mol. The Morgan fingerprint density at radius 3 is 1.45 bits per heavy atom. The van der Waals surface area contributed by atoms with Crippen LogP contribution in [0.5, 0.6) is 0 Å².